The molecule has 0 aliphatic heterocycles. The van der Waals surface area contributed by atoms with Crippen LogP contribution in [0.5, 0.6) is 0 Å². The second-order valence-electron chi connectivity index (χ2n) is 4.25. The van der Waals surface area contributed by atoms with Gasteiger partial charge >= 0.3 is 0 Å². The van der Waals surface area contributed by atoms with E-state index in [0.29, 0.717) is 0 Å². The molecular formula is C13H15BrN4. The average molecular weight is 307 g/mol. The number of hydrogen-bond donors (Lipinski definition) is 2. The van der Waals surface area contributed by atoms with Crippen LogP contribution in [0, 0.1) is 19.3 Å². The molecule has 0 unspecified atom stereocenters. The van der Waals surface area contributed by atoms with Crippen molar-refractivity contribution in [3.8, 4) is 0 Å². The Bertz CT molecular complexity index is 584. The van der Waals surface area contributed by atoms with Gasteiger partial charge in [-0.2, -0.15) is 5.10 Å². The van der Waals surface area contributed by atoms with E-state index in [0.717, 1.165) is 33.5 Å². The van der Waals surface area contributed by atoms with Gasteiger partial charge < -0.3 is 5.73 Å². The Morgan fingerprint density at radius 2 is 1.94 bits per heavy atom. The molecule has 0 bridgehead atoms. The number of nitrogens with zero attached hydrogens (tertiary/aromatic N) is 2. The van der Waals surface area contributed by atoms with Gasteiger partial charge in [0.25, 0.3) is 0 Å². The number of nitrogens with two attached hydrogens (primary N) is 1. The third kappa shape index (κ3) is 2.46. The Kier molecular flexibility index (Phi) is 3.52. The molecule has 1 aromatic heterocycles. The van der Waals surface area contributed by atoms with E-state index in [9.17, 15) is 0 Å². The minimum Gasteiger partial charge on any atom is -0.384 e. The predicted octanol–water partition coefficient (Wildman–Crippen LogP) is 2.59. The minimum absolute atomic E-state index is 0.0930. The maximum Gasteiger partial charge on any atom is 0.122 e. The van der Waals surface area contributed by atoms with Gasteiger partial charge in [0.2, 0.25) is 0 Å². The van der Waals surface area contributed by atoms with Gasteiger partial charge in [0.15, 0.2) is 0 Å². The summed E-state index contributed by atoms with van der Waals surface area (Å²) in [6.45, 7) is 4.73. The zero-order valence-corrected chi connectivity index (χ0v) is 12.0. The van der Waals surface area contributed by atoms with Crippen LogP contribution in [-0.4, -0.2) is 15.6 Å². The van der Waals surface area contributed by atoms with E-state index in [-0.39, 0.29) is 5.84 Å². The van der Waals surface area contributed by atoms with Crippen molar-refractivity contribution in [2.75, 3.05) is 0 Å². The van der Waals surface area contributed by atoms with Crippen LogP contribution >= 0.6 is 15.9 Å². The first kappa shape index (κ1) is 12.8. The van der Waals surface area contributed by atoms with Crippen molar-refractivity contribution in [2.24, 2.45) is 5.73 Å². The van der Waals surface area contributed by atoms with Crippen LogP contribution in [0.3, 0.4) is 0 Å². The fraction of sp³-hybridized carbons (Fsp3) is 0.231. The lowest BCUT2D eigenvalue weighted by atomic mass is 10.1. The van der Waals surface area contributed by atoms with Crippen LogP contribution in [0.15, 0.2) is 28.7 Å². The maximum atomic E-state index is 7.35. The van der Waals surface area contributed by atoms with Crippen LogP contribution in [0.2, 0.25) is 0 Å². The number of nitrogen functional groups attached to an aromatic ring is 1. The molecule has 3 N–H and O–H groups in total. The molecule has 0 saturated carbocycles. The summed E-state index contributed by atoms with van der Waals surface area (Å²) in [6, 6.07) is 7.67. The summed E-state index contributed by atoms with van der Waals surface area (Å²) in [5, 5.41) is 11.8. The highest BCUT2D eigenvalue weighted by molar-refractivity contribution is 9.10. The molecule has 4 nitrogen and oxygen atoms in total. The van der Waals surface area contributed by atoms with Gasteiger partial charge in [0, 0.05) is 5.56 Å². The lowest BCUT2D eigenvalue weighted by molar-refractivity contribution is 0.658. The highest BCUT2D eigenvalue weighted by atomic mass is 79.9. The normalized spacial score (nSPS) is 10.6. The highest BCUT2D eigenvalue weighted by Crippen LogP contribution is 2.20. The Balaban J connectivity index is 2.23. The topological polar surface area (TPSA) is 67.7 Å². The largest absolute Gasteiger partial charge is 0.384 e. The van der Waals surface area contributed by atoms with Crippen molar-refractivity contribution in [3.05, 3.63) is 51.3 Å². The third-order valence-electron chi connectivity index (χ3n) is 2.89. The van der Waals surface area contributed by atoms with E-state index in [2.05, 4.69) is 21.0 Å². The molecule has 0 saturated heterocycles. The van der Waals surface area contributed by atoms with E-state index in [1.54, 1.807) is 0 Å². The molecule has 2 aromatic rings. The molecule has 0 radical (unpaired) electrons. The van der Waals surface area contributed by atoms with Crippen LogP contribution in [0.1, 0.15) is 22.5 Å². The van der Waals surface area contributed by atoms with Gasteiger partial charge in [-0.3, -0.25) is 10.1 Å². The summed E-state index contributed by atoms with van der Waals surface area (Å²) in [7, 11) is 0. The molecule has 0 aliphatic rings. The predicted molar refractivity (Wildman–Crippen MR) is 76.0 cm³/mol. The quantitative estimate of drug-likeness (QED) is 0.676. The van der Waals surface area contributed by atoms with E-state index in [1.807, 2.05) is 42.8 Å². The molecule has 1 aromatic carbocycles. The summed E-state index contributed by atoms with van der Waals surface area (Å²) in [6.07, 6.45) is 0. The summed E-state index contributed by atoms with van der Waals surface area (Å²) < 4.78 is 3.02. The standard InChI is InChI=1S/C13H15BrN4/c1-8-12(14)9(2)18(17-8)7-10-3-5-11(6-4-10)13(15)16/h3-6H,7H2,1-2H3,(H3,15,16). The summed E-state index contributed by atoms with van der Waals surface area (Å²) in [5.74, 6) is 0.0930. The minimum atomic E-state index is 0.0930. The highest BCUT2D eigenvalue weighted by Gasteiger charge is 2.08. The van der Waals surface area contributed by atoms with Crippen LogP contribution in [0.25, 0.3) is 0 Å². The lowest BCUT2D eigenvalue weighted by Gasteiger charge is -2.05. The Labute approximate surface area is 114 Å². The second-order valence-corrected chi connectivity index (χ2v) is 5.05. The number of hydrogen-bond acceptors (Lipinski definition) is 2. The van der Waals surface area contributed by atoms with E-state index >= 15 is 0 Å². The van der Waals surface area contributed by atoms with Gasteiger partial charge in [-0.1, -0.05) is 24.3 Å². The monoisotopic (exact) mass is 306 g/mol. The fourth-order valence-corrected chi connectivity index (χ4v) is 2.08. The summed E-state index contributed by atoms with van der Waals surface area (Å²) >= 11 is 3.52. The summed E-state index contributed by atoms with van der Waals surface area (Å²) in [5.41, 5.74) is 9.41. The van der Waals surface area contributed by atoms with Crippen LogP contribution in [-0.2, 0) is 6.54 Å². The van der Waals surface area contributed by atoms with Crippen molar-refractivity contribution in [1.82, 2.24) is 9.78 Å². The molecule has 0 spiro atoms. The first-order chi connectivity index (χ1) is 8.49. The van der Waals surface area contributed by atoms with E-state index in [4.69, 9.17) is 11.1 Å². The SMILES string of the molecule is Cc1nn(Cc2ccc(C(=N)N)cc2)c(C)c1Br. The fourth-order valence-electron chi connectivity index (χ4n) is 1.79. The van der Waals surface area contributed by atoms with Crippen molar-refractivity contribution in [3.63, 3.8) is 0 Å². The first-order valence-electron chi connectivity index (χ1n) is 5.62. The smallest absolute Gasteiger partial charge is 0.122 e. The van der Waals surface area contributed by atoms with Gasteiger partial charge in [-0.25, -0.2) is 0 Å². The molecule has 94 valence electrons. The number of amidine groups is 1. The van der Waals surface area contributed by atoms with Crippen molar-refractivity contribution >= 4 is 21.8 Å². The van der Waals surface area contributed by atoms with Crippen LogP contribution < -0.4 is 5.73 Å². The molecule has 5 heteroatoms. The number of aromatic nitrogens is 2. The number of benzene rings is 1. The zero-order chi connectivity index (χ0) is 13.3. The molecule has 18 heavy (non-hydrogen) atoms. The molecular weight excluding hydrogens is 292 g/mol. The molecule has 1 heterocycles. The van der Waals surface area contributed by atoms with Gasteiger partial charge in [0.05, 0.1) is 22.4 Å². The van der Waals surface area contributed by atoms with Crippen molar-refractivity contribution in [1.29, 1.82) is 5.41 Å². The average Bonchev–Trinajstić information content (AvgIpc) is 2.58. The van der Waals surface area contributed by atoms with Gasteiger partial charge in [-0.05, 0) is 35.3 Å². The van der Waals surface area contributed by atoms with Crippen molar-refractivity contribution < 1.29 is 0 Å². The number of halogens is 1. The lowest BCUT2D eigenvalue weighted by Crippen LogP contribution is -2.11. The van der Waals surface area contributed by atoms with Gasteiger partial charge in [0.1, 0.15) is 5.84 Å². The number of aryl methyl sites for hydroxylation is 1. The Morgan fingerprint density at radius 1 is 1.33 bits per heavy atom. The molecule has 0 amide bonds. The maximum absolute atomic E-state index is 7.35. The third-order valence-corrected chi connectivity index (χ3v) is 4.04. The Hall–Kier alpha value is -1.62. The molecule has 2 rings (SSSR count). The second kappa shape index (κ2) is 4.94. The zero-order valence-electron chi connectivity index (χ0n) is 10.4. The van der Waals surface area contributed by atoms with Crippen molar-refractivity contribution in [2.45, 2.75) is 20.4 Å². The van der Waals surface area contributed by atoms with Gasteiger partial charge in [-0.15, -0.1) is 0 Å². The van der Waals surface area contributed by atoms with E-state index < -0.39 is 0 Å². The van der Waals surface area contributed by atoms with E-state index in [1.165, 1.54) is 0 Å². The Morgan fingerprint density at radius 3 is 2.39 bits per heavy atom. The molecule has 0 fully saturated rings. The number of nitrogens with one attached hydrogen (secondary N) is 1. The number of rotatable bonds is 3. The summed E-state index contributed by atoms with van der Waals surface area (Å²) in [4.78, 5) is 0. The van der Waals surface area contributed by atoms with Crippen LogP contribution in [0.4, 0.5) is 0 Å². The molecule has 0 aliphatic carbocycles. The first-order valence-corrected chi connectivity index (χ1v) is 6.41. The molecule has 0 atom stereocenters.